The lowest BCUT2D eigenvalue weighted by molar-refractivity contribution is 0.802. The number of hydrogen-bond acceptors (Lipinski definition) is 1. The zero-order valence-electron chi connectivity index (χ0n) is 11.0. The summed E-state index contributed by atoms with van der Waals surface area (Å²) in [5.74, 6) is 0.402. The summed E-state index contributed by atoms with van der Waals surface area (Å²) in [6.45, 7) is 4.32. The van der Waals surface area contributed by atoms with E-state index in [0.29, 0.717) is 5.92 Å². The average Bonchev–Trinajstić information content (AvgIpc) is 2.82. The van der Waals surface area contributed by atoms with Crippen LogP contribution in [0.15, 0.2) is 48.7 Å². The molecule has 0 unspecified atom stereocenters. The molecule has 0 saturated carbocycles. The van der Waals surface area contributed by atoms with Crippen molar-refractivity contribution in [2.75, 3.05) is 0 Å². The molecule has 19 heavy (non-hydrogen) atoms. The van der Waals surface area contributed by atoms with Crippen molar-refractivity contribution in [3.63, 3.8) is 0 Å². The molecule has 0 radical (unpaired) electrons. The first-order valence-corrected chi connectivity index (χ1v) is 6.77. The summed E-state index contributed by atoms with van der Waals surface area (Å²) in [5, 5.41) is 0.737. The van der Waals surface area contributed by atoms with Gasteiger partial charge in [-0.25, -0.2) is 4.98 Å². The van der Waals surface area contributed by atoms with E-state index in [1.165, 1.54) is 5.69 Å². The Morgan fingerprint density at radius 2 is 1.84 bits per heavy atom. The molecular weight excluding hydrogens is 256 g/mol. The van der Waals surface area contributed by atoms with E-state index < -0.39 is 0 Å². The van der Waals surface area contributed by atoms with Crippen molar-refractivity contribution < 1.29 is 0 Å². The lowest BCUT2D eigenvalue weighted by Crippen LogP contribution is -1.97. The highest BCUT2D eigenvalue weighted by Crippen LogP contribution is 2.25. The maximum Gasteiger partial charge on any atom is 0.139 e. The molecule has 0 atom stereocenters. The number of halogens is 1. The molecule has 0 fully saturated rings. The van der Waals surface area contributed by atoms with Crippen molar-refractivity contribution >= 4 is 17.2 Å². The Bertz CT molecular complexity index is 714. The number of fused-ring (bicyclic) bond motifs is 1. The molecule has 0 aliphatic carbocycles. The van der Waals surface area contributed by atoms with Crippen LogP contribution in [0, 0.1) is 0 Å². The summed E-state index contributed by atoms with van der Waals surface area (Å²) in [4.78, 5) is 4.67. The quantitative estimate of drug-likeness (QED) is 0.655. The third kappa shape index (κ3) is 2.24. The summed E-state index contributed by atoms with van der Waals surface area (Å²) < 4.78 is 2.12. The van der Waals surface area contributed by atoms with Crippen LogP contribution in [0.2, 0.25) is 5.02 Å². The zero-order valence-corrected chi connectivity index (χ0v) is 11.7. The van der Waals surface area contributed by atoms with Crippen LogP contribution in [0.3, 0.4) is 0 Å². The maximum atomic E-state index is 6.17. The van der Waals surface area contributed by atoms with Gasteiger partial charge < -0.3 is 4.40 Å². The van der Waals surface area contributed by atoms with Crippen LogP contribution >= 0.6 is 11.6 Å². The Kier molecular flexibility index (Phi) is 3.03. The second-order valence-corrected chi connectivity index (χ2v) is 5.41. The lowest BCUT2D eigenvalue weighted by atomic mass is 10.1. The van der Waals surface area contributed by atoms with Crippen LogP contribution in [0.5, 0.6) is 0 Å². The predicted molar refractivity (Wildman–Crippen MR) is 79.7 cm³/mol. The zero-order chi connectivity index (χ0) is 13.4. The molecule has 0 bridgehead atoms. The van der Waals surface area contributed by atoms with Gasteiger partial charge in [-0.3, -0.25) is 0 Å². The van der Waals surface area contributed by atoms with E-state index in [4.69, 9.17) is 11.6 Å². The maximum absolute atomic E-state index is 6.17. The van der Waals surface area contributed by atoms with Gasteiger partial charge in [-0.05, 0) is 12.0 Å². The molecule has 0 saturated heterocycles. The molecule has 0 spiro atoms. The van der Waals surface area contributed by atoms with E-state index in [0.717, 1.165) is 21.9 Å². The molecule has 96 valence electrons. The molecular formula is C16H15ClN2. The Morgan fingerprint density at radius 3 is 2.53 bits per heavy atom. The summed E-state index contributed by atoms with van der Waals surface area (Å²) in [5.41, 5.74) is 4.18. The van der Waals surface area contributed by atoms with Crippen molar-refractivity contribution in [1.82, 2.24) is 9.38 Å². The van der Waals surface area contributed by atoms with Crippen molar-refractivity contribution in [3.05, 3.63) is 59.4 Å². The third-order valence-corrected chi connectivity index (χ3v) is 3.44. The van der Waals surface area contributed by atoms with Crippen LogP contribution in [0.4, 0.5) is 0 Å². The number of hydrogen-bond donors (Lipinski definition) is 0. The van der Waals surface area contributed by atoms with Gasteiger partial charge in [0.2, 0.25) is 0 Å². The molecule has 2 aromatic heterocycles. The van der Waals surface area contributed by atoms with Gasteiger partial charge >= 0.3 is 0 Å². The van der Waals surface area contributed by atoms with Crippen molar-refractivity contribution in [2.45, 2.75) is 19.8 Å². The molecule has 3 heteroatoms. The van der Waals surface area contributed by atoms with Crippen molar-refractivity contribution in [2.24, 2.45) is 0 Å². The number of benzene rings is 1. The van der Waals surface area contributed by atoms with E-state index in [1.807, 2.05) is 30.3 Å². The fourth-order valence-electron chi connectivity index (χ4n) is 2.27. The number of pyridine rings is 1. The van der Waals surface area contributed by atoms with Gasteiger partial charge in [0.15, 0.2) is 0 Å². The molecule has 2 nitrogen and oxygen atoms in total. The van der Waals surface area contributed by atoms with E-state index in [9.17, 15) is 0 Å². The average molecular weight is 271 g/mol. The summed E-state index contributed by atoms with van der Waals surface area (Å²) in [6, 6.07) is 14.1. The number of aromatic nitrogens is 2. The molecule has 2 heterocycles. The minimum Gasteiger partial charge on any atom is -0.303 e. The Balaban J connectivity index is 2.23. The monoisotopic (exact) mass is 270 g/mol. The van der Waals surface area contributed by atoms with Gasteiger partial charge in [0.25, 0.3) is 0 Å². The Labute approximate surface area is 117 Å². The first kappa shape index (κ1) is 12.2. The van der Waals surface area contributed by atoms with Crippen LogP contribution in [-0.2, 0) is 0 Å². The Morgan fingerprint density at radius 1 is 1.11 bits per heavy atom. The van der Waals surface area contributed by atoms with Crippen molar-refractivity contribution in [3.8, 4) is 11.3 Å². The number of rotatable bonds is 2. The van der Waals surface area contributed by atoms with Gasteiger partial charge in [0, 0.05) is 28.5 Å². The van der Waals surface area contributed by atoms with E-state index in [1.54, 1.807) is 0 Å². The van der Waals surface area contributed by atoms with Crippen LogP contribution in [-0.4, -0.2) is 9.38 Å². The first-order chi connectivity index (χ1) is 9.15. The van der Waals surface area contributed by atoms with E-state index in [-0.39, 0.29) is 0 Å². The van der Waals surface area contributed by atoms with Gasteiger partial charge in [-0.15, -0.1) is 0 Å². The molecule has 3 rings (SSSR count). The van der Waals surface area contributed by atoms with Gasteiger partial charge in [-0.2, -0.15) is 0 Å². The summed E-state index contributed by atoms with van der Waals surface area (Å²) >= 11 is 6.17. The largest absolute Gasteiger partial charge is 0.303 e. The van der Waals surface area contributed by atoms with E-state index in [2.05, 4.69) is 41.6 Å². The molecule has 1 aromatic carbocycles. The number of imidazole rings is 1. The molecule has 0 aliphatic rings. The third-order valence-electron chi connectivity index (χ3n) is 3.23. The van der Waals surface area contributed by atoms with Crippen molar-refractivity contribution in [1.29, 1.82) is 0 Å². The van der Waals surface area contributed by atoms with Crippen LogP contribution in [0.1, 0.15) is 25.5 Å². The van der Waals surface area contributed by atoms with E-state index >= 15 is 0 Å². The highest BCUT2D eigenvalue weighted by Gasteiger charge is 2.10. The fraction of sp³-hybridized carbons (Fsp3) is 0.188. The Hall–Kier alpha value is -1.80. The normalized spacial score (nSPS) is 11.4. The smallest absolute Gasteiger partial charge is 0.139 e. The van der Waals surface area contributed by atoms with Gasteiger partial charge in [-0.1, -0.05) is 55.8 Å². The number of nitrogens with zero attached hydrogens (tertiary/aromatic N) is 2. The molecule has 3 aromatic rings. The standard InChI is InChI=1S/C16H15ClN2/c1-11(2)15-8-13(17)9-16-18-14(10-19(15)16)12-6-4-3-5-7-12/h3-11H,1-2H3. The van der Waals surface area contributed by atoms with Gasteiger partial charge in [0.1, 0.15) is 5.65 Å². The second kappa shape index (κ2) is 4.71. The topological polar surface area (TPSA) is 17.3 Å². The van der Waals surface area contributed by atoms with Gasteiger partial charge in [0.05, 0.1) is 5.69 Å². The van der Waals surface area contributed by atoms with Crippen LogP contribution in [0.25, 0.3) is 16.9 Å². The fourth-order valence-corrected chi connectivity index (χ4v) is 2.48. The minimum absolute atomic E-state index is 0.402. The summed E-state index contributed by atoms with van der Waals surface area (Å²) in [7, 11) is 0. The molecule has 0 N–H and O–H groups in total. The lowest BCUT2D eigenvalue weighted by Gasteiger charge is -2.09. The predicted octanol–water partition coefficient (Wildman–Crippen LogP) is 4.78. The first-order valence-electron chi connectivity index (χ1n) is 6.39. The second-order valence-electron chi connectivity index (χ2n) is 4.97. The highest BCUT2D eigenvalue weighted by molar-refractivity contribution is 6.30. The summed E-state index contributed by atoms with van der Waals surface area (Å²) in [6.07, 6.45) is 2.08. The molecule has 0 aliphatic heterocycles. The SMILES string of the molecule is CC(C)c1cc(Cl)cc2nc(-c3ccccc3)cn12. The van der Waals surface area contributed by atoms with Crippen LogP contribution < -0.4 is 0 Å². The highest BCUT2D eigenvalue weighted by atomic mass is 35.5. The minimum atomic E-state index is 0.402. The molecule has 0 amide bonds.